The van der Waals surface area contributed by atoms with Gasteiger partial charge in [0.25, 0.3) is 0 Å². The summed E-state index contributed by atoms with van der Waals surface area (Å²) < 4.78 is 54.5. The lowest BCUT2D eigenvalue weighted by atomic mass is 9.99. The monoisotopic (exact) mass is 635 g/mol. The SMILES string of the molecule is COC(=O)c1c(Cc2ccc(S(=O)(=O)N3CCN(C(=O)OC(C)(C)C)CC3)cc2)c(=O)c2ccc(F)cc2n1-c1ccccc1. The van der Waals surface area contributed by atoms with Gasteiger partial charge in [-0.15, -0.1) is 0 Å². The Morgan fingerprint density at radius 1 is 0.911 bits per heavy atom. The molecule has 0 spiro atoms. The number of sulfonamides is 1. The molecule has 236 valence electrons. The number of ether oxygens (including phenoxy) is 2. The second-order valence-corrected chi connectivity index (χ2v) is 13.6. The molecular weight excluding hydrogens is 601 g/mol. The van der Waals surface area contributed by atoms with Gasteiger partial charge in [0.05, 0.1) is 17.5 Å². The highest BCUT2D eigenvalue weighted by molar-refractivity contribution is 7.89. The number of halogens is 1. The molecule has 4 aromatic rings. The molecule has 1 fully saturated rings. The van der Waals surface area contributed by atoms with Gasteiger partial charge < -0.3 is 18.9 Å². The van der Waals surface area contributed by atoms with Gasteiger partial charge in [0.2, 0.25) is 10.0 Å². The molecule has 1 aromatic heterocycles. The van der Waals surface area contributed by atoms with Crippen molar-refractivity contribution in [3.63, 3.8) is 0 Å². The fraction of sp³-hybridized carbons (Fsp3) is 0.303. The van der Waals surface area contributed by atoms with Gasteiger partial charge in [-0.3, -0.25) is 4.79 Å². The second-order valence-electron chi connectivity index (χ2n) is 11.7. The number of pyridine rings is 1. The molecule has 0 aliphatic carbocycles. The smallest absolute Gasteiger partial charge is 0.410 e. The molecule has 12 heteroatoms. The van der Waals surface area contributed by atoms with Crippen LogP contribution in [0.2, 0.25) is 0 Å². The average Bonchev–Trinajstić information content (AvgIpc) is 3.01. The molecule has 0 bridgehead atoms. The molecule has 1 saturated heterocycles. The average molecular weight is 636 g/mol. The summed E-state index contributed by atoms with van der Waals surface area (Å²) in [7, 11) is -2.66. The Labute approximate surface area is 260 Å². The largest absolute Gasteiger partial charge is 0.464 e. The van der Waals surface area contributed by atoms with E-state index in [9.17, 15) is 27.2 Å². The van der Waals surface area contributed by atoms with Crippen molar-refractivity contribution in [3.05, 3.63) is 106 Å². The van der Waals surface area contributed by atoms with Crippen LogP contribution in [0, 0.1) is 5.82 Å². The number of fused-ring (bicyclic) bond motifs is 1. The third-order valence-corrected chi connectivity index (χ3v) is 9.37. The summed E-state index contributed by atoms with van der Waals surface area (Å²) in [4.78, 5) is 40.9. The van der Waals surface area contributed by atoms with Crippen LogP contribution in [0.4, 0.5) is 9.18 Å². The van der Waals surface area contributed by atoms with Crippen molar-refractivity contribution in [2.45, 2.75) is 37.7 Å². The van der Waals surface area contributed by atoms with Gasteiger partial charge >= 0.3 is 12.1 Å². The van der Waals surface area contributed by atoms with Crippen molar-refractivity contribution in [2.24, 2.45) is 0 Å². The van der Waals surface area contributed by atoms with Gasteiger partial charge in [-0.25, -0.2) is 22.4 Å². The van der Waals surface area contributed by atoms with Crippen molar-refractivity contribution in [2.75, 3.05) is 33.3 Å². The highest BCUT2D eigenvalue weighted by Gasteiger charge is 2.32. The Hall–Kier alpha value is -4.55. The van der Waals surface area contributed by atoms with E-state index in [1.807, 2.05) is 0 Å². The number of piperazine rings is 1. The van der Waals surface area contributed by atoms with E-state index in [-0.39, 0.29) is 59.7 Å². The zero-order valence-electron chi connectivity index (χ0n) is 25.4. The number of amides is 1. The molecule has 0 radical (unpaired) electrons. The van der Waals surface area contributed by atoms with Crippen molar-refractivity contribution < 1.29 is 31.9 Å². The van der Waals surface area contributed by atoms with Crippen LogP contribution < -0.4 is 5.43 Å². The molecule has 1 amide bonds. The quantitative estimate of drug-likeness (QED) is 0.281. The number of methoxy groups -OCH3 is 1. The number of benzene rings is 3. The second kappa shape index (κ2) is 12.4. The van der Waals surface area contributed by atoms with Gasteiger partial charge in [0, 0.05) is 49.2 Å². The maximum atomic E-state index is 14.4. The van der Waals surface area contributed by atoms with Gasteiger partial charge in [0.15, 0.2) is 5.43 Å². The summed E-state index contributed by atoms with van der Waals surface area (Å²) in [6.07, 6.45) is -0.501. The van der Waals surface area contributed by atoms with Crippen molar-refractivity contribution in [3.8, 4) is 5.69 Å². The number of esters is 1. The molecule has 1 aliphatic heterocycles. The maximum absolute atomic E-state index is 14.4. The van der Waals surface area contributed by atoms with Crippen LogP contribution in [0.5, 0.6) is 0 Å². The summed E-state index contributed by atoms with van der Waals surface area (Å²) >= 11 is 0. The molecule has 0 N–H and O–H groups in total. The summed E-state index contributed by atoms with van der Waals surface area (Å²) in [5.41, 5.74) is 0.278. The first-order valence-corrected chi connectivity index (χ1v) is 15.8. The van der Waals surface area contributed by atoms with E-state index >= 15 is 0 Å². The highest BCUT2D eigenvalue weighted by Crippen LogP contribution is 2.26. The maximum Gasteiger partial charge on any atom is 0.410 e. The van der Waals surface area contributed by atoms with Crippen molar-refractivity contribution in [1.29, 1.82) is 0 Å². The van der Waals surface area contributed by atoms with Gasteiger partial charge in [-0.1, -0.05) is 30.3 Å². The lowest BCUT2D eigenvalue weighted by Crippen LogP contribution is -2.51. The Morgan fingerprint density at radius 3 is 2.16 bits per heavy atom. The first kappa shape index (κ1) is 31.9. The van der Waals surface area contributed by atoms with E-state index in [1.165, 1.54) is 51.2 Å². The minimum atomic E-state index is -3.87. The lowest BCUT2D eigenvalue weighted by Gasteiger charge is -2.35. The number of nitrogens with zero attached hydrogens (tertiary/aromatic N) is 3. The molecule has 45 heavy (non-hydrogen) atoms. The van der Waals surface area contributed by atoms with Gasteiger partial charge in [0.1, 0.15) is 17.1 Å². The fourth-order valence-corrected chi connectivity index (χ4v) is 6.72. The third kappa shape index (κ3) is 6.62. The minimum absolute atomic E-state index is 0.0156. The predicted octanol–water partition coefficient (Wildman–Crippen LogP) is 4.75. The van der Waals surface area contributed by atoms with Crippen LogP contribution in [0.1, 0.15) is 42.4 Å². The number of para-hydroxylation sites is 1. The number of rotatable bonds is 6. The van der Waals surface area contributed by atoms with E-state index in [4.69, 9.17) is 9.47 Å². The summed E-state index contributed by atoms with van der Waals surface area (Å²) in [6.45, 7) is 5.93. The zero-order chi connectivity index (χ0) is 32.5. The van der Waals surface area contributed by atoms with E-state index in [1.54, 1.807) is 63.2 Å². The number of hydrogen-bond acceptors (Lipinski definition) is 7. The van der Waals surface area contributed by atoms with Gasteiger partial charge in [-0.05, 0) is 68.8 Å². The standard InChI is InChI=1S/C33H34FN3O7S/c1-33(2,3)44-32(40)35-16-18-36(19-17-35)45(41,42)25-13-10-22(11-14-25)20-27-29(31(39)43-4)37(24-8-6-5-7-9-24)28-21-23(34)12-15-26(28)30(27)38/h5-15,21H,16-20H2,1-4H3. The van der Waals surface area contributed by atoms with E-state index in [0.29, 0.717) is 11.3 Å². The Balaban J connectivity index is 1.46. The summed E-state index contributed by atoms with van der Waals surface area (Å²) in [5.74, 6) is -1.35. The Kier molecular flexibility index (Phi) is 8.81. The summed E-state index contributed by atoms with van der Waals surface area (Å²) in [5, 5.41) is 0.215. The predicted molar refractivity (Wildman–Crippen MR) is 167 cm³/mol. The van der Waals surface area contributed by atoms with Crippen LogP contribution in [0.25, 0.3) is 16.6 Å². The Bertz CT molecular complexity index is 1910. The van der Waals surface area contributed by atoms with Crippen molar-refractivity contribution in [1.82, 2.24) is 13.8 Å². The van der Waals surface area contributed by atoms with Crippen LogP contribution >= 0.6 is 0 Å². The van der Waals surface area contributed by atoms with Crippen LogP contribution in [-0.4, -0.2) is 73.1 Å². The molecule has 0 saturated carbocycles. The van der Waals surface area contributed by atoms with Gasteiger partial charge in [-0.2, -0.15) is 4.31 Å². The molecule has 1 aliphatic rings. The first-order valence-electron chi connectivity index (χ1n) is 14.4. The minimum Gasteiger partial charge on any atom is -0.464 e. The number of carbonyl (C=O) groups excluding carboxylic acids is 2. The number of aromatic nitrogens is 1. The first-order chi connectivity index (χ1) is 21.3. The third-order valence-electron chi connectivity index (χ3n) is 7.45. The topological polar surface area (TPSA) is 115 Å². The molecule has 0 atom stereocenters. The fourth-order valence-electron chi connectivity index (χ4n) is 5.30. The highest BCUT2D eigenvalue weighted by atomic mass is 32.2. The number of carbonyl (C=O) groups is 2. The van der Waals surface area contributed by atoms with E-state index < -0.39 is 38.9 Å². The normalized spacial score (nSPS) is 14.4. The molecular formula is C33H34FN3O7S. The zero-order valence-corrected chi connectivity index (χ0v) is 26.3. The molecule has 10 nitrogen and oxygen atoms in total. The summed E-state index contributed by atoms with van der Waals surface area (Å²) in [6, 6.07) is 18.6. The lowest BCUT2D eigenvalue weighted by molar-refractivity contribution is 0.0192. The van der Waals surface area contributed by atoms with E-state index in [0.717, 1.165) is 0 Å². The van der Waals surface area contributed by atoms with E-state index in [2.05, 4.69) is 0 Å². The molecule has 0 unspecified atom stereocenters. The van der Waals surface area contributed by atoms with Crippen molar-refractivity contribution >= 4 is 33.0 Å². The van der Waals surface area contributed by atoms with Crippen LogP contribution in [0.3, 0.4) is 0 Å². The Morgan fingerprint density at radius 2 is 1.56 bits per heavy atom. The molecule has 5 rings (SSSR count). The van der Waals surface area contributed by atoms with Crippen LogP contribution in [-0.2, 0) is 25.9 Å². The number of hydrogen-bond donors (Lipinski definition) is 0. The molecule has 3 aromatic carbocycles. The molecule has 2 heterocycles. The van der Waals surface area contributed by atoms with Crippen LogP contribution in [0.15, 0.2) is 82.5 Å².